The molecule has 1 fully saturated rings. The van der Waals surface area contributed by atoms with E-state index in [-0.39, 0.29) is 10.9 Å². The van der Waals surface area contributed by atoms with Crippen molar-refractivity contribution in [1.29, 1.82) is 0 Å². The quantitative estimate of drug-likeness (QED) is 0.803. The van der Waals surface area contributed by atoms with Crippen molar-refractivity contribution in [1.82, 2.24) is 4.72 Å². The van der Waals surface area contributed by atoms with E-state index in [1.54, 1.807) is 12.1 Å². The third kappa shape index (κ3) is 6.47. The zero-order valence-electron chi connectivity index (χ0n) is 16.1. The van der Waals surface area contributed by atoms with Gasteiger partial charge in [0.2, 0.25) is 10.0 Å². The summed E-state index contributed by atoms with van der Waals surface area (Å²) >= 11 is 0. The van der Waals surface area contributed by atoms with E-state index in [0.717, 1.165) is 25.7 Å². The summed E-state index contributed by atoms with van der Waals surface area (Å²) in [5, 5.41) is 0. The Morgan fingerprint density at radius 3 is 1.88 bits per heavy atom. The molecule has 0 unspecified atom stereocenters. The zero-order valence-corrected chi connectivity index (χ0v) is 16.9. The molecule has 0 radical (unpaired) electrons. The summed E-state index contributed by atoms with van der Waals surface area (Å²) in [6, 6.07) is 4.84. The molecule has 0 aromatic heterocycles. The Bertz CT molecular complexity index is 633. The Morgan fingerprint density at radius 1 is 0.846 bits per heavy atom. The fourth-order valence-corrected chi connectivity index (χ4v) is 5.05. The highest BCUT2D eigenvalue weighted by atomic mass is 32.2. The molecule has 0 heterocycles. The Kier molecular flexibility index (Phi) is 8.72. The van der Waals surface area contributed by atoms with Crippen molar-refractivity contribution < 1.29 is 17.9 Å². The van der Waals surface area contributed by atoms with Crippen LogP contribution in [0.4, 0.5) is 0 Å². The second-order valence-corrected chi connectivity index (χ2v) is 8.78. The van der Waals surface area contributed by atoms with Gasteiger partial charge < -0.3 is 9.47 Å². The molecule has 0 aliphatic heterocycles. The number of nitrogens with one attached hydrogen (secondary N) is 1. The van der Waals surface area contributed by atoms with Crippen molar-refractivity contribution in [2.75, 3.05) is 14.2 Å². The van der Waals surface area contributed by atoms with E-state index >= 15 is 0 Å². The molecule has 1 aliphatic rings. The first-order valence-corrected chi connectivity index (χ1v) is 11.3. The third-order valence-electron chi connectivity index (χ3n) is 5.09. The number of methoxy groups -OCH3 is 2. The molecule has 1 saturated carbocycles. The first-order valence-electron chi connectivity index (χ1n) is 9.81. The Labute approximate surface area is 158 Å². The van der Waals surface area contributed by atoms with Crippen LogP contribution in [0.2, 0.25) is 0 Å². The number of hydrogen-bond donors (Lipinski definition) is 1. The highest BCUT2D eigenvalue weighted by Crippen LogP contribution is 2.29. The first kappa shape index (κ1) is 21.0. The topological polar surface area (TPSA) is 64.6 Å². The van der Waals surface area contributed by atoms with Crippen LogP contribution in [0.15, 0.2) is 23.1 Å². The smallest absolute Gasteiger partial charge is 0.244 e. The minimum Gasteiger partial charge on any atom is -0.497 e. The summed E-state index contributed by atoms with van der Waals surface area (Å²) in [6.45, 7) is 0. The van der Waals surface area contributed by atoms with Crippen molar-refractivity contribution in [3.8, 4) is 11.5 Å². The maximum atomic E-state index is 13.0. The predicted octanol–water partition coefficient (Wildman–Crippen LogP) is 4.66. The Hall–Kier alpha value is -1.27. The molecule has 0 saturated heterocycles. The van der Waals surface area contributed by atoms with Gasteiger partial charge in [0.15, 0.2) is 0 Å². The minimum atomic E-state index is -3.66. The lowest BCUT2D eigenvalue weighted by molar-refractivity contribution is 0.390. The van der Waals surface area contributed by atoms with Crippen LogP contribution in [-0.4, -0.2) is 28.7 Å². The van der Waals surface area contributed by atoms with Crippen LogP contribution >= 0.6 is 0 Å². The van der Waals surface area contributed by atoms with E-state index in [2.05, 4.69) is 4.72 Å². The number of hydrogen-bond acceptors (Lipinski definition) is 4. The highest BCUT2D eigenvalue weighted by Gasteiger charge is 2.24. The van der Waals surface area contributed by atoms with E-state index in [9.17, 15) is 8.42 Å². The molecular weight excluding hydrogens is 350 g/mol. The largest absolute Gasteiger partial charge is 0.497 e. The van der Waals surface area contributed by atoms with Gasteiger partial charge in [-0.15, -0.1) is 0 Å². The van der Waals surface area contributed by atoms with Gasteiger partial charge in [-0.05, 0) is 25.0 Å². The molecule has 2 rings (SSSR count). The van der Waals surface area contributed by atoms with E-state index in [1.165, 1.54) is 65.2 Å². The van der Waals surface area contributed by atoms with Crippen LogP contribution in [0.5, 0.6) is 11.5 Å². The van der Waals surface area contributed by atoms with Crippen molar-refractivity contribution >= 4 is 10.0 Å². The lowest BCUT2D eigenvalue weighted by Gasteiger charge is -2.20. The monoisotopic (exact) mass is 383 g/mol. The van der Waals surface area contributed by atoms with E-state index in [1.807, 2.05) is 0 Å². The number of sulfonamides is 1. The summed E-state index contributed by atoms with van der Waals surface area (Å²) in [5.74, 6) is 0.844. The summed E-state index contributed by atoms with van der Waals surface area (Å²) in [6.07, 6.45) is 12.7. The van der Waals surface area contributed by atoms with Crippen molar-refractivity contribution in [3.05, 3.63) is 18.2 Å². The molecule has 1 aromatic rings. The second-order valence-electron chi connectivity index (χ2n) is 7.09. The lowest BCUT2D eigenvalue weighted by Crippen LogP contribution is -2.35. The van der Waals surface area contributed by atoms with Gasteiger partial charge in [-0.1, -0.05) is 57.8 Å². The number of ether oxygens (including phenoxy) is 2. The SMILES string of the molecule is COc1ccc(OC)c(S(=O)(=O)NC2CCCCCCCCCCC2)c1. The maximum Gasteiger partial charge on any atom is 0.244 e. The molecule has 0 bridgehead atoms. The first-order chi connectivity index (χ1) is 12.6. The number of rotatable bonds is 5. The van der Waals surface area contributed by atoms with Crippen LogP contribution in [-0.2, 0) is 10.0 Å². The maximum absolute atomic E-state index is 13.0. The van der Waals surface area contributed by atoms with Crippen molar-refractivity contribution in [2.45, 2.75) is 81.6 Å². The fourth-order valence-electron chi connectivity index (χ4n) is 3.56. The van der Waals surface area contributed by atoms with Crippen LogP contribution in [0.25, 0.3) is 0 Å². The molecule has 148 valence electrons. The van der Waals surface area contributed by atoms with Gasteiger partial charge in [-0.25, -0.2) is 13.1 Å². The highest BCUT2D eigenvalue weighted by molar-refractivity contribution is 7.89. The average Bonchev–Trinajstić information content (AvgIpc) is 2.63. The summed E-state index contributed by atoms with van der Waals surface area (Å²) in [4.78, 5) is 0.144. The molecule has 1 aromatic carbocycles. The molecular formula is C20H33NO4S. The molecule has 0 amide bonds. The Balaban J connectivity index is 2.11. The standard InChI is InChI=1S/C20H33NO4S/c1-24-18-14-15-19(25-2)20(16-18)26(22,23)21-17-12-10-8-6-4-3-5-7-9-11-13-17/h14-17,21H,3-13H2,1-2H3. The lowest BCUT2D eigenvalue weighted by atomic mass is 9.98. The molecule has 5 nitrogen and oxygen atoms in total. The Morgan fingerprint density at radius 2 is 1.38 bits per heavy atom. The molecule has 1 aliphatic carbocycles. The molecule has 1 N–H and O–H groups in total. The van der Waals surface area contributed by atoms with Crippen molar-refractivity contribution in [3.63, 3.8) is 0 Å². The number of benzene rings is 1. The summed E-state index contributed by atoms with van der Waals surface area (Å²) in [7, 11) is -0.647. The predicted molar refractivity (Wildman–Crippen MR) is 104 cm³/mol. The normalized spacial score (nSPS) is 18.5. The van der Waals surface area contributed by atoms with Crippen molar-refractivity contribution in [2.24, 2.45) is 0 Å². The fraction of sp³-hybridized carbons (Fsp3) is 0.700. The van der Waals surface area contributed by atoms with Crippen LogP contribution < -0.4 is 14.2 Å². The van der Waals surface area contributed by atoms with E-state index in [4.69, 9.17) is 9.47 Å². The van der Waals surface area contributed by atoms with Gasteiger partial charge in [0, 0.05) is 12.1 Å². The summed E-state index contributed by atoms with van der Waals surface area (Å²) < 4.78 is 39.3. The van der Waals surface area contributed by atoms with Crippen LogP contribution in [0.1, 0.15) is 70.6 Å². The van der Waals surface area contributed by atoms with Gasteiger partial charge in [-0.3, -0.25) is 0 Å². The third-order valence-corrected chi connectivity index (χ3v) is 6.63. The van der Waals surface area contributed by atoms with Gasteiger partial charge >= 0.3 is 0 Å². The van der Waals surface area contributed by atoms with E-state index in [0.29, 0.717) is 11.5 Å². The second kappa shape index (κ2) is 10.8. The minimum absolute atomic E-state index is 0.0182. The van der Waals surface area contributed by atoms with Gasteiger partial charge in [0.25, 0.3) is 0 Å². The average molecular weight is 384 g/mol. The van der Waals surface area contributed by atoms with E-state index < -0.39 is 10.0 Å². The molecule has 0 spiro atoms. The molecule has 0 atom stereocenters. The summed E-state index contributed by atoms with van der Waals surface area (Å²) in [5.41, 5.74) is 0. The van der Waals surface area contributed by atoms with Gasteiger partial charge in [0.1, 0.15) is 16.4 Å². The molecule has 26 heavy (non-hydrogen) atoms. The van der Waals surface area contributed by atoms with Gasteiger partial charge in [0.05, 0.1) is 14.2 Å². The van der Waals surface area contributed by atoms with Crippen LogP contribution in [0.3, 0.4) is 0 Å². The van der Waals surface area contributed by atoms with Crippen LogP contribution in [0, 0.1) is 0 Å². The molecule has 6 heteroatoms. The van der Waals surface area contributed by atoms with Gasteiger partial charge in [-0.2, -0.15) is 0 Å². The zero-order chi connectivity index (χ0) is 18.8.